The van der Waals surface area contributed by atoms with Crippen molar-refractivity contribution in [1.82, 2.24) is 10.2 Å². The molecular formula is C20H24BrN3O3. The van der Waals surface area contributed by atoms with E-state index < -0.39 is 22.9 Å². The fraction of sp³-hybridized carbons (Fsp3) is 0.550. The first-order valence-electron chi connectivity index (χ1n) is 9.27. The highest BCUT2D eigenvalue weighted by molar-refractivity contribution is 9.10. The van der Waals surface area contributed by atoms with Crippen molar-refractivity contribution in [3.8, 4) is 0 Å². The van der Waals surface area contributed by atoms with E-state index in [-0.39, 0.29) is 29.7 Å². The molecule has 3 amide bonds. The van der Waals surface area contributed by atoms with Crippen LogP contribution in [-0.4, -0.2) is 34.2 Å². The summed E-state index contributed by atoms with van der Waals surface area (Å²) in [6.07, 6.45) is 0. The molecule has 0 radical (unpaired) electrons. The van der Waals surface area contributed by atoms with Crippen LogP contribution in [0.2, 0.25) is 0 Å². The van der Waals surface area contributed by atoms with Gasteiger partial charge in [0.2, 0.25) is 17.7 Å². The van der Waals surface area contributed by atoms with E-state index in [2.05, 4.69) is 26.6 Å². The molecule has 27 heavy (non-hydrogen) atoms. The minimum Gasteiger partial charge on any atom is -0.324 e. The lowest BCUT2D eigenvalue weighted by molar-refractivity contribution is -0.148. The van der Waals surface area contributed by atoms with Gasteiger partial charge in [-0.05, 0) is 44.9 Å². The van der Waals surface area contributed by atoms with Crippen molar-refractivity contribution >= 4 is 39.3 Å². The van der Waals surface area contributed by atoms with E-state index >= 15 is 0 Å². The van der Waals surface area contributed by atoms with Crippen LogP contribution in [0.4, 0.5) is 5.69 Å². The maximum atomic E-state index is 13.5. The van der Waals surface area contributed by atoms with Gasteiger partial charge in [0.1, 0.15) is 5.54 Å². The number of halogens is 1. The number of fused-ring (bicyclic) bond motifs is 4. The Hall–Kier alpha value is -1.73. The molecule has 1 aromatic rings. The number of carbonyl (C=O) groups is 3. The summed E-state index contributed by atoms with van der Waals surface area (Å²) in [5.41, 5.74) is -0.424. The molecule has 6 nitrogen and oxygen atoms in total. The molecule has 144 valence electrons. The fourth-order valence-corrected chi connectivity index (χ4v) is 5.30. The maximum Gasteiger partial charge on any atom is 0.250 e. The highest BCUT2D eigenvalue weighted by Crippen LogP contribution is 2.55. The lowest BCUT2D eigenvalue weighted by atomic mass is 9.76. The molecule has 7 heteroatoms. The van der Waals surface area contributed by atoms with Crippen LogP contribution in [0.5, 0.6) is 0 Å². The van der Waals surface area contributed by atoms with Crippen LogP contribution in [-0.2, 0) is 19.9 Å². The van der Waals surface area contributed by atoms with Crippen molar-refractivity contribution in [1.29, 1.82) is 0 Å². The quantitative estimate of drug-likeness (QED) is 0.667. The van der Waals surface area contributed by atoms with Gasteiger partial charge in [-0.1, -0.05) is 29.8 Å². The average Bonchev–Trinajstić information content (AvgIpc) is 3.13. The summed E-state index contributed by atoms with van der Waals surface area (Å²) < 4.78 is 0.827. The molecule has 0 saturated carbocycles. The van der Waals surface area contributed by atoms with Crippen LogP contribution < -0.4 is 10.6 Å². The molecule has 3 aliphatic rings. The number of anilines is 1. The Kier molecular flexibility index (Phi) is 3.89. The number of hydrogen-bond acceptors (Lipinski definition) is 4. The van der Waals surface area contributed by atoms with Crippen molar-refractivity contribution in [2.24, 2.45) is 17.8 Å². The summed E-state index contributed by atoms with van der Waals surface area (Å²) in [6, 6.07) is 5.30. The van der Waals surface area contributed by atoms with Gasteiger partial charge in [0.05, 0.1) is 11.8 Å². The maximum absolute atomic E-state index is 13.5. The number of hydrogen-bond donors (Lipinski definition) is 2. The molecule has 4 atom stereocenters. The monoisotopic (exact) mass is 433 g/mol. The van der Waals surface area contributed by atoms with Gasteiger partial charge in [-0.3, -0.25) is 24.6 Å². The third-order valence-electron chi connectivity index (χ3n) is 6.00. The van der Waals surface area contributed by atoms with E-state index in [0.717, 1.165) is 10.0 Å². The van der Waals surface area contributed by atoms with Crippen molar-refractivity contribution in [2.45, 2.75) is 51.7 Å². The second-order valence-corrected chi connectivity index (χ2v) is 9.97. The molecule has 0 aromatic heterocycles. The Morgan fingerprint density at radius 1 is 1.15 bits per heavy atom. The normalized spacial score (nSPS) is 32.5. The number of likely N-dealkylation sites (tertiary alicyclic amines) is 1. The zero-order valence-electron chi connectivity index (χ0n) is 16.1. The molecule has 0 aliphatic carbocycles. The minimum atomic E-state index is -1.22. The first kappa shape index (κ1) is 18.6. The summed E-state index contributed by atoms with van der Waals surface area (Å²) >= 11 is 3.47. The molecule has 0 bridgehead atoms. The van der Waals surface area contributed by atoms with Crippen LogP contribution >= 0.6 is 15.9 Å². The van der Waals surface area contributed by atoms with Crippen LogP contribution in [0.1, 0.15) is 40.2 Å². The van der Waals surface area contributed by atoms with Gasteiger partial charge in [-0.25, -0.2) is 0 Å². The number of nitrogens with one attached hydrogen (secondary N) is 2. The zero-order valence-corrected chi connectivity index (χ0v) is 17.7. The van der Waals surface area contributed by atoms with Crippen molar-refractivity contribution in [3.63, 3.8) is 0 Å². The van der Waals surface area contributed by atoms with Crippen LogP contribution in [0.15, 0.2) is 22.7 Å². The van der Waals surface area contributed by atoms with Gasteiger partial charge < -0.3 is 5.32 Å². The number of benzene rings is 1. The Morgan fingerprint density at radius 2 is 1.81 bits per heavy atom. The van der Waals surface area contributed by atoms with E-state index in [1.54, 1.807) is 0 Å². The lowest BCUT2D eigenvalue weighted by Crippen LogP contribution is -2.56. The molecule has 1 aromatic carbocycles. The van der Waals surface area contributed by atoms with Crippen molar-refractivity contribution < 1.29 is 14.4 Å². The van der Waals surface area contributed by atoms with Crippen molar-refractivity contribution in [3.05, 3.63) is 28.2 Å². The number of imide groups is 1. The predicted octanol–water partition coefficient (Wildman–Crippen LogP) is 2.62. The van der Waals surface area contributed by atoms with E-state index in [9.17, 15) is 14.4 Å². The molecule has 3 aliphatic heterocycles. The minimum absolute atomic E-state index is 0.0950. The van der Waals surface area contributed by atoms with Crippen LogP contribution in [0.3, 0.4) is 0 Å². The van der Waals surface area contributed by atoms with Gasteiger partial charge in [0.25, 0.3) is 0 Å². The van der Waals surface area contributed by atoms with E-state index in [0.29, 0.717) is 5.69 Å². The molecule has 0 unspecified atom stereocenters. The largest absolute Gasteiger partial charge is 0.324 e. The summed E-state index contributed by atoms with van der Waals surface area (Å²) in [7, 11) is 0. The number of amides is 3. The first-order valence-corrected chi connectivity index (χ1v) is 10.1. The van der Waals surface area contributed by atoms with Gasteiger partial charge in [-0.15, -0.1) is 0 Å². The SMILES string of the molecule is CC(C)[C@H]1N[C@]2(C(=O)Nc3ccc(Br)cc32)[C@@H]2C(=O)N(C(C)(C)C)C(=O)[C@H]12. The highest BCUT2D eigenvalue weighted by Gasteiger charge is 2.71. The van der Waals surface area contributed by atoms with Crippen molar-refractivity contribution in [2.75, 3.05) is 5.32 Å². The Balaban J connectivity index is 1.95. The lowest BCUT2D eigenvalue weighted by Gasteiger charge is -2.35. The zero-order chi connectivity index (χ0) is 19.9. The molecule has 2 saturated heterocycles. The molecule has 2 fully saturated rings. The predicted molar refractivity (Wildman–Crippen MR) is 105 cm³/mol. The van der Waals surface area contributed by atoms with Crippen LogP contribution in [0, 0.1) is 17.8 Å². The van der Waals surface area contributed by atoms with Gasteiger partial charge in [-0.2, -0.15) is 0 Å². The summed E-state index contributed by atoms with van der Waals surface area (Å²) in [4.78, 5) is 41.4. The topological polar surface area (TPSA) is 78.5 Å². The molecule has 3 heterocycles. The second kappa shape index (κ2) is 5.64. The Labute approximate surface area is 167 Å². The van der Waals surface area contributed by atoms with Gasteiger partial charge in [0.15, 0.2) is 0 Å². The summed E-state index contributed by atoms with van der Waals surface area (Å²) in [5.74, 6) is -1.91. The van der Waals surface area contributed by atoms with Crippen LogP contribution in [0.25, 0.3) is 0 Å². The fourth-order valence-electron chi connectivity index (χ4n) is 4.94. The van der Waals surface area contributed by atoms with E-state index in [4.69, 9.17) is 0 Å². The Bertz CT molecular complexity index is 876. The average molecular weight is 434 g/mol. The van der Waals surface area contributed by atoms with Gasteiger partial charge >= 0.3 is 0 Å². The van der Waals surface area contributed by atoms with Gasteiger partial charge in [0, 0.05) is 27.3 Å². The summed E-state index contributed by atoms with van der Waals surface area (Å²) in [5, 5.41) is 6.35. The number of carbonyl (C=O) groups excluding carboxylic acids is 3. The van der Waals surface area contributed by atoms with E-state index in [1.165, 1.54) is 4.90 Å². The molecule has 1 spiro atoms. The molecule has 2 N–H and O–H groups in total. The van der Waals surface area contributed by atoms with E-state index in [1.807, 2.05) is 52.8 Å². The third kappa shape index (κ3) is 2.30. The molecule has 4 rings (SSSR count). The Morgan fingerprint density at radius 3 is 2.41 bits per heavy atom. The smallest absolute Gasteiger partial charge is 0.250 e. The number of rotatable bonds is 1. The standard InChI is InChI=1S/C20H24BrN3O3/c1-9(2)15-13-14(17(26)24(16(13)25)19(3,4)5)20(23-15)11-8-10(21)6-7-12(11)22-18(20)27/h6-9,13-15,23H,1-5H3,(H,22,27)/t13-,14-,15+,20-/m0/s1. The third-order valence-corrected chi connectivity index (χ3v) is 6.49. The summed E-state index contributed by atoms with van der Waals surface area (Å²) in [6.45, 7) is 9.59. The molecular weight excluding hydrogens is 410 g/mol. The number of nitrogens with zero attached hydrogens (tertiary/aromatic N) is 1. The second-order valence-electron chi connectivity index (χ2n) is 9.05. The first-order chi connectivity index (χ1) is 12.5. The highest BCUT2D eigenvalue weighted by atomic mass is 79.9.